The molecule has 0 spiro atoms. The van der Waals surface area contributed by atoms with Crippen LogP contribution in [0.4, 0.5) is 14.6 Å². The summed E-state index contributed by atoms with van der Waals surface area (Å²) in [6.45, 7) is 4.15. The summed E-state index contributed by atoms with van der Waals surface area (Å²) in [5, 5.41) is 19.3. The van der Waals surface area contributed by atoms with Gasteiger partial charge in [-0.3, -0.25) is 0 Å². The van der Waals surface area contributed by atoms with Crippen LogP contribution in [0.2, 0.25) is 0 Å². The molecule has 3 aromatic rings. The Kier molecular flexibility index (Phi) is 9.17. The highest BCUT2D eigenvalue weighted by Crippen LogP contribution is 2.43. The van der Waals surface area contributed by atoms with Crippen molar-refractivity contribution in [3.05, 3.63) is 42.5 Å². The number of phenols is 1. The van der Waals surface area contributed by atoms with Gasteiger partial charge in [0.05, 0.1) is 17.8 Å². The van der Waals surface area contributed by atoms with Crippen molar-refractivity contribution < 1.29 is 18.6 Å². The predicted octanol–water partition coefficient (Wildman–Crippen LogP) is 6.75. The molecule has 0 radical (unpaired) electrons. The number of ether oxygens (including phenoxy) is 1. The molecule has 210 valence electrons. The van der Waals surface area contributed by atoms with Crippen molar-refractivity contribution in [2.45, 2.75) is 68.2 Å². The van der Waals surface area contributed by atoms with Crippen LogP contribution in [0.15, 0.2) is 36.5 Å². The molecule has 1 N–H and O–H groups in total. The van der Waals surface area contributed by atoms with Gasteiger partial charge in [0.25, 0.3) is 0 Å². The number of hydrogen-bond donors (Lipinski definition) is 4. The summed E-state index contributed by atoms with van der Waals surface area (Å²) >= 11 is 12.1. The number of rotatable bonds is 8. The third-order valence-electron chi connectivity index (χ3n) is 7.31. The topological polar surface area (TPSA) is 84.3 Å². The molecule has 39 heavy (non-hydrogen) atoms. The minimum absolute atomic E-state index is 0.0694. The SMILES string of the molecule is CCC[C@]1(C)CCCC[C@H](N(C)c2cnc(-c3ccc(-c4cc(F)nc(OC(S)(S)S)c4)cc3O)nn2)[C@@H]1F. The maximum atomic E-state index is 15.8. The van der Waals surface area contributed by atoms with Gasteiger partial charge in [-0.2, -0.15) is 9.37 Å². The number of aromatic hydroxyl groups is 1. The predicted molar refractivity (Wildman–Crippen MR) is 159 cm³/mol. The lowest BCUT2D eigenvalue weighted by Gasteiger charge is -2.39. The number of hydrogen-bond acceptors (Lipinski definition) is 10. The van der Waals surface area contributed by atoms with E-state index in [-0.39, 0.29) is 28.9 Å². The van der Waals surface area contributed by atoms with Gasteiger partial charge in [0.2, 0.25) is 15.4 Å². The van der Waals surface area contributed by atoms with Crippen LogP contribution in [-0.4, -0.2) is 48.1 Å². The first-order chi connectivity index (χ1) is 18.4. The Morgan fingerprint density at radius 3 is 2.56 bits per heavy atom. The van der Waals surface area contributed by atoms with Crippen LogP contribution in [0.25, 0.3) is 22.5 Å². The number of alkyl halides is 1. The first-order valence-corrected chi connectivity index (χ1v) is 14.2. The summed E-state index contributed by atoms with van der Waals surface area (Å²) in [6, 6.07) is 7.13. The fourth-order valence-corrected chi connectivity index (χ4v) is 5.59. The molecule has 0 amide bonds. The lowest BCUT2D eigenvalue weighted by molar-refractivity contribution is 0.0868. The van der Waals surface area contributed by atoms with E-state index in [0.717, 1.165) is 38.5 Å². The number of pyridine rings is 1. The van der Waals surface area contributed by atoms with Crippen LogP contribution < -0.4 is 9.64 Å². The van der Waals surface area contributed by atoms with E-state index in [0.29, 0.717) is 22.5 Å². The first kappa shape index (κ1) is 29.7. The van der Waals surface area contributed by atoms with Crippen molar-refractivity contribution in [2.24, 2.45) is 5.41 Å². The van der Waals surface area contributed by atoms with Gasteiger partial charge >= 0.3 is 0 Å². The second-order valence-electron chi connectivity index (χ2n) is 10.3. The molecule has 1 aliphatic rings. The fraction of sp³-hybridized carbons (Fsp3) is 0.481. The molecule has 7 nitrogen and oxygen atoms in total. The van der Waals surface area contributed by atoms with Crippen LogP contribution in [0, 0.1) is 11.4 Å². The van der Waals surface area contributed by atoms with Gasteiger partial charge in [0.1, 0.15) is 11.9 Å². The molecule has 0 unspecified atom stereocenters. The highest BCUT2D eigenvalue weighted by atomic mass is 32.2. The molecule has 1 aromatic carbocycles. The Hall–Kier alpha value is -2.31. The molecule has 1 fully saturated rings. The van der Waals surface area contributed by atoms with Gasteiger partial charge in [0, 0.05) is 24.6 Å². The average molecular weight is 594 g/mol. The number of anilines is 1. The molecule has 0 aliphatic heterocycles. The highest BCUT2D eigenvalue weighted by molar-refractivity contribution is 8.16. The summed E-state index contributed by atoms with van der Waals surface area (Å²) in [7, 11) is 1.83. The molecule has 0 bridgehead atoms. The number of thiol groups is 3. The molecule has 0 saturated heterocycles. The maximum absolute atomic E-state index is 15.8. The Bertz CT molecular complexity index is 1300. The van der Waals surface area contributed by atoms with Crippen LogP contribution in [-0.2, 0) is 0 Å². The normalized spacial score (nSPS) is 21.8. The molecule has 4 rings (SSSR count). The third kappa shape index (κ3) is 7.07. The van der Waals surface area contributed by atoms with E-state index in [1.54, 1.807) is 18.3 Å². The number of benzene rings is 1. The quantitative estimate of drug-likeness (QED) is 0.0996. The largest absolute Gasteiger partial charge is 0.507 e. The van der Waals surface area contributed by atoms with Gasteiger partial charge in [-0.25, -0.2) is 9.37 Å². The summed E-state index contributed by atoms with van der Waals surface area (Å²) < 4.78 is 33.8. The van der Waals surface area contributed by atoms with Gasteiger partial charge in [0.15, 0.2) is 11.6 Å². The maximum Gasteiger partial charge on any atom is 0.242 e. The molecule has 3 atom stereocenters. The minimum Gasteiger partial charge on any atom is -0.507 e. The van der Waals surface area contributed by atoms with Gasteiger partial charge in [-0.15, -0.1) is 48.1 Å². The van der Waals surface area contributed by atoms with Gasteiger partial charge in [-0.05, 0) is 42.5 Å². The van der Waals surface area contributed by atoms with Crippen molar-refractivity contribution in [1.29, 1.82) is 0 Å². The molecular weight excluding hydrogens is 561 g/mol. The summed E-state index contributed by atoms with van der Waals surface area (Å²) in [5.41, 5.74) is 0.902. The Morgan fingerprint density at radius 2 is 1.92 bits per heavy atom. The standard InChI is InChI=1S/C27H33F2N5O2S3/c1-4-10-26(2)11-6-5-7-19(24(26)29)34(3)22-15-30-25(33-32-22)18-9-8-16(12-20(18)35)17-13-21(28)31-23(14-17)36-27(37,38)39/h8-9,12-15,19,24,35,37-39H,4-7,10-11H2,1-3H3/t19-,24-,26+/m0/s1. The monoisotopic (exact) mass is 593 g/mol. The number of aromatic nitrogens is 4. The summed E-state index contributed by atoms with van der Waals surface area (Å²) in [5.74, 6) is -0.293. The fourth-order valence-electron chi connectivity index (χ4n) is 5.31. The Labute approximate surface area is 244 Å². The van der Waals surface area contributed by atoms with Gasteiger partial charge < -0.3 is 14.7 Å². The molecule has 1 saturated carbocycles. The highest BCUT2D eigenvalue weighted by Gasteiger charge is 2.42. The van der Waals surface area contributed by atoms with Crippen molar-refractivity contribution in [3.63, 3.8) is 0 Å². The number of halogens is 2. The smallest absolute Gasteiger partial charge is 0.242 e. The van der Waals surface area contributed by atoms with Crippen LogP contribution in [0.3, 0.4) is 0 Å². The van der Waals surface area contributed by atoms with E-state index in [1.165, 1.54) is 18.2 Å². The lowest BCUT2D eigenvalue weighted by Crippen LogP contribution is -2.46. The van der Waals surface area contributed by atoms with Crippen molar-refractivity contribution >= 4 is 43.7 Å². The molecule has 2 aromatic heterocycles. The average Bonchev–Trinajstić information content (AvgIpc) is 3.01. The molecule has 2 heterocycles. The minimum atomic E-state index is -1.45. The van der Waals surface area contributed by atoms with E-state index in [1.807, 2.05) is 11.9 Å². The Morgan fingerprint density at radius 1 is 1.15 bits per heavy atom. The Balaban J connectivity index is 1.55. The van der Waals surface area contributed by atoms with E-state index in [2.05, 4.69) is 71.9 Å². The van der Waals surface area contributed by atoms with Crippen LogP contribution in [0.1, 0.15) is 52.4 Å². The van der Waals surface area contributed by atoms with E-state index in [9.17, 15) is 9.50 Å². The van der Waals surface area contributed by atoms with E-state index < -0.39 is 15.7 Å². The van der Waals surface area contributed by atoms with E-state index >= 15 is 4.39 Å². The summed E-state index contributed by atoms with van der Waals surface area (Å²) in [4.78, 5) is 9.90. The van der Waals surface area contributed by atoms with E-state index in [4.69, 9.17) is 4.74 Å². The molecule has 12 heteroatoms. The van der Waals surface area contributed by atoms with Crippen molar-refractivity contribution in [2.75, 3.05) is 11.9 Å². The second kappa shape index (κ2) is 12.1. The second-order valence-corrected chi connectivity index (χ2v) is 13.2. The number of phenolic OH excluding ortho intramolecular Hbond substituents is 1. The van der Waals surface area contributed by atoms with Crippen molar-refractivity contribution in [3.8, 4) is 34.1 Å². The molecule has 1 aliphatic carbocycles. The zero-order chi connectivity index (χ0) is 28.4. The first-order valence-electron chi connectivity index (χ1n) is 12.8. The lowest BCUT2D eigenvalue weighted by atomic mass is 9.76. The van der Waals surface area contributed by atoms with Gasteiger partial charge in [-0.1, -0.05) is 39.2 Å². The van der Waals surface area contributed by atoms with Crippen molar-refractivity contribution in [1.82, 2.24) is 20.2 Å². The number of nitrogens with zero attached hydrogens (tertiary/aromatic N) is 5. The van der Waals surface area contributed by atoms with Crippen LogP contribution >= 0.6 is 37.9 Å². The zero-order valence-electron chi connectivity index (χ0n) is 22.1. The summed E-state index contributed by atoms with van der Waals surface area (Å²) in [6.07, 6.45) is 5.94. The third-order valence-corrected chi connectivity index (χ3v) is 7.59. The van der Waals surface area contributed by atoms with Crippen LogP contribution in [0.5, 0.6) is 11.6 Å². The molecular formula is C27H33F2N5O2S3. The zero-order valence-corrected chi connectivity index (χ0v) is 24.7.